The summed E-state index contributed by atoms with van der Waals surface area (Å²) in [4.78, 5) is 11.5. The van der Waals surface area contributed by atoms with Crippen LogP contribution in [-0.4, -0.2) is 25.0 Å². The molecule has 15 heavy (non-hydrogen) atoms. The fourth-order valence-electron chi connectivity index (χ4n) is 1.23. The predicted octanol–water partition coefficient (Wildman–Crippen LogP) is 1.93. The zero-order valence-corrected chi connectivity index (χ0v) is 10.8. The number of amides is 1. The van der Waals surface area contributed by atoms with Gasteiger partial charge in [-0.15, -0.1) is 0 Å². The molecule has 2 N–H and O–H groups in total. The summed E-state index contributed by atoms with van der Waals surface area (Å²) in [6.45, 7) is 12.2. The van der Waals surface area contributed by atoms with E-state index >= 15 is 0 Å². The number of rotatable bonds is 7. The maximum atomic E-state index is 11.5. The molecule has 0 saturated heterocycles. The van der Waals surface area contributed by atoms with Crippen molar-refractivity contribution in [1.29, 1.82) is 0 Å². The van der Waals surface area contributed by atoms with Crippen molar-refractivity contribution in [3.8, 4) is 0 Å². The zero-order valence-electron chi connectivity index (χ0n) is 10.8. The molecule has 3 heteroatoms. The monoisotopic (exact) mass is 214 g/mol. The summed E-state index contributed by atoms with van der Waals surface area (Å²) in [6.07, 6.45) is 1.64. The molecule has 0 fully saturated rings. The first-order valence-corrected chi connectivity index (χ1v) is 5.91. The molecule has 0 spiro atoms. The van der Waals surface area contributed by atoms with E-state index in [9.17, 15) is 4.79 Å². The van der Waals surface area contributed by atoms with Gasteiger partial charge in [0.15, 0.2) is 0 Å². The molecule has 0 radical (unpaired) electrons. The molecule has 0 rings (SSSR count). The molecular formula is C12H26N2O. The Labute approximate surface area is 94.0 Å². The van der Waals surface area contributed by atoms with E-state index in [-0.39, 0.29) is 17.4 Å². The normalized spacial score (nSPS) is 13.7. The maximum absolute atomic E-state index is 11.5. The van der Waals surface area contributed by atoms with Crippen molar-refractivity contribution in [3.63, 3.8) is 0 Å². The van der Waals surface area contributed by atoms with Crippen LogP contribution in [0.5, 0.6) is 0 Å². The standard InChI is InChI=1S/C12H26N2O/c1-6-12(4,5)9-14-11(15)8-10(3)13-7-2/h10,13H,6-9H2,1-5H3,(H,14,15). The van der Waals surface area contributed by atoms with Gasteiger partial charge >= 0.3 is 0 Å². The molecule has 0 aliphatic heterocycles. The van der Waals surface area contributed by atoms with Gasteiger partial charge in [-0.3, -0.25) is 4.79 Å². The number of carbonyl (C=O) groups excluding carboxylic acids is 1. The van der Waals surface area contributed by atoms with Crippen LogP contribution in [0, 0.1) is 5.41 Å². The highest BCUT2D eigenvalue weighted by molar-refractivity contribution is 5.76. The fraction of sp³-hybridized carbons (Fsp3) is 0.917. The van der Waals surface area contributed by atoms with E-state index in [4.69, 9.17) is 0 Å². The van der Waals surface area contributed by atoms with E-state index in [1.165, 1.54) is 0 Å². The summed E-state index contributed by atoms with van der Waals surface area (Å²) >= 11 is 0. The average molecular weight is 214 g/mol. The molecule has 0 aromatic carbocycles. The van der Waals surface area contributed by atoms with Crippen LogP contribution in [0.1, 0.15) is 47.5 Å². The highest BCUT2D eigenvalue weighted by atomic mass is 16.1. The lowest BCUT2D eigenvalue weighted by Crippen LogP contribution is -2.37. The smallest absolute Gasteiger partial charge is 0.221 e. The Morgan fingerprint density at radius 2 is 1.93 bits per heavy atom. The van der Waals surface area contributed by atoms with Gasteiger partial charge in [-0.2, -0.15) is 0 Å². The Balaban J connectivity index is 3.75. The SMILES string of the molecule is CCNC(C)CC(=O)NCC(C)(C)CC. The van der Waals surface area contributed by atoms with Gasteiger partial charge in [0.25, 0.3) is 0 Å². The number of carbonyl (C=O) groups is 1. The van der Waals surface area contributed by atoms with Crippen LogP contribution in [0.3, 0.4) is 0 Å². The van der Waals surface area contributed by atoms with E-state index in [1.807, 2.05) is 6.92 Å². The summed E-state index contributed by atoms with van der Waals surface area (Å²) in [5.74, 6) is 0.143. The Morgan fingerprint density at radius 3 is 2.40 bits per heavy atom. The third kappa shape index (κ3) is 7.37. The van der Waals surface area contributed by atoms with Gasteiger partial charge in [-0.05, 0) is 25.3 Å². The molecule has 1 unspecified atom stereocenters. The summed E-state index contributed by atoms with van der Waals surface area (Å²) < 4.78 is 0. The zero-order chi connectivity index (χ0) is 11.9. The lowest BCUT2D eigenvalue weighted by Gasteiger charge is -2.23. The van der Waals surface area contributed by atoms with Gasteiger partial charge in [0.1, 0.15) is 0 Å². The predicted molar refractivity (Wildman–Crippen MR) is 64.8 cm³/mol. The van der Waals surface area contributed by atoms with Crippen LogP contribution in [0.25, 0.3) is 0 Å². The number of nitrogens with one attached hydrogen (secondary N) is 2. The van der Waals surface area contributed by atoms with Crippen LogP contribution >= 0.6 is 0 Å². The number of hydrogen-bond donors (Lipinski definition) is 2. The minimum atomic E-state index is 0.143. The first-order chi connectivity index (χ1) is 6.91. The lowest BCUT2D eigenvalue weighted by molar-refractivity contribution is -0.121. The van der Waals surface area contributed by atoms with Crippen LogP contribution < -0.4 is 10.6 Å². The van der Waals surface area contributed by atoms with E-state index in [1.54, 1.807) is 0 Å². The summed E-state index contributed by atoms with van der Waals surface area (Å²) in [5.41, 5.74) is 0.205. The molecule has 0 aromatic rings. The molecule has 0 aliphatic carbocycles. The fourth-order valence-corrected chi connectivity index (χ4v) is 1.23. The van der Waals surface area contributed by atoms with Crippen LogP contribution in [0.15, 0.2) is 0 Å². The molecule has 0 saturated carbocycles. The second-order valence-corrected chi connectivity index (χ2v) is 4.96. The second kappa shape index (κ2) is 6.83. The Bertz CT molecular complexity index is 190. The highest BCUT2D eigenvalue weighted by Crippen LogP contribution is 2.17. The van der Waals surface area contributed by atoms with E-state index in [0.717, 1.165) is 19.5 Å². The Hall–Kier alpha value is -0.570. The van der Waals surface area contributed by atoms with Gasteiger partial charge in [0.05, 0.1) is 0 Å². The van der Waals surface area contributed by atoms with Crippen molar-refractivity contribution in [2.75, 3.05) is 13.1 Å². The van der Waals surface area contributed by atoms with Gasteiger partial charge < -0.3 is 10.6 Å². The van der Waals surface area contributed by atoms with Crippen molar-refractivity contribution in [3.05, 3.63) is 0 Å². The minimum Gasteiger partial charge on any atom is -0.356 e. The molecule has 3 nitrogen and oxygen atoms in total. The van der Waals surface area contributed by atoms with Crippen molar-refractivity contribution < 1.29 is 4.79 Å². The first-order valence-electron chi connectivity index (χ1n) is 5.91. The van der Waals surface area contributed by atoms with Gasteiger partial charge in [-0.1, -0.05) is 27.7 Å². The van der Waals surface area contributed by atoms with Crippen LogP contribution in [-0.2, 0) is 4.79 Å². The van der Waals surface area contributed by atoms with Gasteiger partial charge in [0, 0.05) is 19.0 Å². The molecular weight excluding hydrogens is 188 g/mol. The van der Waals surface area contributed by atoms with Gasteiger partial charge in [0.2, 0.25) is 5.91 Å². The topological polar surface area (TPSA) is 41.1 Å². The van der Waals surface area contributed by atoms with Gasteiger partial charge in [-0.25, -0.2) is 0 Å². The molecule has 0 aliphatic rings. The molecule has 0 bridgehead atoms. The quantitative estimate of drug-likeness (QED) is 0.680. The summed E-state index contributed by atoms with van der Waals surface area (Å²) in [6, 6.07) is 0.264. The van der Waals surface area contributed by atoms with Crippen LogP contribution in [0.2, 0.25) is 0 Å². The summed E-state index contributed by atoms with van der Waals surface area (Å²) in [5, 5.41) is 6.21. The third-order valence-electron chi connectivity index (χ3n) is 2.77. The van der Waals surface area contributed by atoms with Crippen molar-refractivity contribution in [1.82, 2.24) is 10.6 Å². The lowest BCUT2D eigenvalue weighted by atomic mass is 9.90. The van der Waals surface area contributed by atoms with E-state index in [2.05, 4.69) is 38.3 Å². The van der Waals surface area contributed by atoms with Crippen molar-refractivity contribution in [2.24, 2.45) is 5.41 Å². The molecule has 1 amide bonds. The first kappa shape index (κ1) is 14.4. The third-order valence-corrected chi connectivity index (χ3v) is 2.77. The second-order valence-electron chi connectivity index (χ2n) is 4.96. The summed E-state index contributed by atoms with van der Waals surface area (Å²) in [7, 11) is 0. The Kier molecular flexibility index (Phi) is 6.57. The van der Waals surface area contributed by atoms with E-state index < -0.39 is 0 Å². The average Bonchev–Trinajstić information content (AvgIpc) is 2.15. The maximum Gasteiger partial charge on any atom is 0.221 e. The van der Waals surface area contributed by atoms with Crippen LogP contribution in [0.4, 0.5) is 0 Å². The molecule has 1 atom stereocenters. The minimum absolute atomic E-state index is 0.143. The number of hydrogen-bond acceptors (Lipinski definition) is 2. The van der Waals surface area contributed by atoms with E-state index in [0.29, 0.717) is 6.42 Å². The highest BCUT2D eigenvalue weighted by Gasteiger charge is 2.16. The molecule has 0 aromatic heterocycles. The Morgan fingerprint density at radius 1 is 1.33 bits per heavy atom. The molecule has 90 valence electrons. The largest absolute Gasteiger partial charge is 0.356 e. The van der Waals surface area contributed by atoms with Crippen molar-refractivity contribution >= 4 is 5.91 Å². The van der Waals surface area contributed by atoms with Crippen molar-refractivity contribution in [2.45, 2.75) is 53.5 Å². The molecule has 0 heterocycles.